The van der Waals surface area contributed by atoms with Crippen molar-refractivity contribution in [1.29, 1.82) is 0 Å². The second-order valence-corrected chi connectivity index (χ2v) is 9.95. The molecule has 1 atom stereocenters. The van der Waals surface area contributed by atoms with Crippen molar-refractivity contribution in [1.82, 2.24) is 9.88 Å². The molecule has 1 amide bonds. The van der Waals surface area contributed by atoms with Crippen LogP contribution in [0.3, 0.4) is 0 Å². The Morgan fingerprint density at radius 1 is 1.13 bits per heavy atom. The lowest BCUT2D eigenvalue weighted by molar-refractivity contribution is -0.123. The van der Waals surface area contributed by atoms with Crippen molar-refractivity contribution in [2.45, 2.75) is 39.8 Å². The summed E-state index contributed by atoms with van der Waals surface area (Å²) >= 11 is 0.898. The molecule has 0 spiro atoms. The molecular weight excluding hydrogens is 510 g/mol. The number of likely N-dealkylation sites (N-methyl/N-ethyl adjacent to an activating group) is 1. The Morgan fingerprint density at radius 3 is 2.58 bits per heavy atom. The third-order valence-corrected chi connectivity index (χ3v) is 7.52. The van der Waals surface area contributed by atoms with Crippen LogP contribution in [0.25, 0.3) is 10.9 Å². The molecule has 0 radical (unpaired) electrons. The van der Waals surface area contributed by atoms with Gasteiger partial charge in [-0.05, 0) is 39.4 Å². The van der Waals surface area contributed by atoms with Gasteiger partial charge >= 0.3 is 17.9 Å². The average molecular weight is 540 g/mol. The van der Waals surface area contributed by atoms with Crippen LogP contribution in [0.2, 0.25) is 0 Å². The van der Waals surface area contributed by atoms with Gasteiger partial charge in [0.2, 0.25) is 0 Å². The normalized spacial score (nSPS) is 13.9. The molecule has 1 unspecified atom stereocenters. The summed E-state index contributed by atoms with van der Waals surface area (Å²) in [7, 11) is 3.17. The largest absolute Gasteiger partial charge is 0.465 e. The summed E-state index contributed by atoms with van der Waals surface area (Å²) < 4.78 is 15.5. The van der Waals surface area contributed by atoms with Crippen LogP contribution in [0.4, 0.5) is 5.00 Å². The van der Waals surface area contributed by atoms with Crippen molar-refractivity contribution in [3.63, 3.8) is 0 Å². The molecule has 0 fully saturated rings. The summed E-state index contributed by atoms with van der Waals surface area (Å²) in [4.78, 5) is 58.4. The van der Waals surface area contributed by atoms with Crippen LogP contribution in [0, 0.1) is 6.92 Å². The monoisotopic (exact) mass is 539 g/mol. The summed E-state index contributed by atoms with van der Waals surface area (Å²) in [5.74, 6) is -2.63. The molecule has 0 bridgehead atoms. The highest BCUT2D eigenvalue weighted by atomic mass is 32.1. The van der Waals surface area contributed by atoms with Crippen molar-refractivity contribution in [2.24, 2.45) is 0 Å². The van der Waals surface area contributed by atoms with Crippen molar-refractivity contribution in [3.8, 4) is 0 Å². The van der Waals surface area contributed by atoms with Gasteiger partial charge in [0.05, 0.1) is 30.4 Å². The summed E-state index contributed by atoms with van der Waals surface area (Å²) in [6.07, 6.45) is -0.505. The number of nitrogens with zero attached hydrogens (tertiary/aromatic N) is 2. The van der Waals surface area contributed by atoms with Crippen LogP contribution in [-0.4, -0.2) is 67.1 Å². The van der Waals surface area contributed by atoms with E-state index in [9.17, 15) is 19.2 Å². The molecular formula is C27H29N3O7S. The molecule has 1 aliphatic rings. The number of hydrogen-bond donors (Lipinski definition) is 1. The number of thiophene rings is 1. The number of ether oxygens (including phenoxy) is 3. The van der Waals surface area contributed by atoms with Crippen LogP contribution in [0.5, 0.6) is 0 Å². The highest BCUT2D eigenvalue weighted by molar-refractivity contribution is 7.18. The van der Waals surface area contributed by atoms with Gasteiger partial charge in [-0.3, -0.25) is 9.78 Å². The minimum Gasteiger partial charge on any atom is -0.465 e. The van der Waals surface area contributed by atoms with Gasteiger partial charge in [0, 0.05) is 36.2 Å². The van der Waals surface area contributed by atoms with Gasteiger partial charge in [-0.2, -0.15) is 0 Å². The molecule has 11 heteroatoms. The molecule has 4 rings (SSSR count). The molecule has 1 aromatic carbocycles. The van der Waals surface area contributed by atoms with Crippen LogP contribution in [-0.2, 0) is 32.0 Å². The molecule has 3 heterocycles. The van der Waals surface area contributed by atoms with E-state index in [1.165, 1.54) is 14.0 Å². The molecule has 3 aromatic rings. The molecule has 200 valence electrons. The Kier molecular flexibility index (Phi) is 8.08. The summed E-state index contributed by atoms with van der Waals surface area (Å²) in [5, 5.41) is 3.38. The number of pyridine rings is 1. The first kappa shape index (κ1) is 27.2. The first-order chi connectivity index (χ1) is 18.2. The number of rotatable bonds is 7. The number of amides is 1. The second-order valence-electron chi connectivity index (χ2n) is 8.93. The predicted molar refractivity (Wildman–Crippen MR) is 142 cm³/mol. The van der Waals surface area contributed by atoms with E-state index in [4.69, 9.17) is 19.2 Å². The fourth-order valence-electron chi connectivity index (χ4n) is 4.39. The minimum atomic E-state index is -1.20. The Balaban J connectivity index is 1.61. The maximum atomic E-state index is 13.5. The van der Waals surface area contributed by atoms with Gasteiger partial charge in [-0.25, -0.2) is 14.4 Å². The predicted octanol–water partition coefficient (Wildman–Crippen LogP) is 3.74. The second kappa shape index (κ2) is 11.3. The maximum Gasteiger partial charge on any atom is 0.348 e. The number of fused-ring (bicyclic) bond motifs is 2. The summed E-state index contributed by atoms with van der Waals surface area (Å²) in [5.41, 5.74) is 3.08. The minimum absolute atomic E-state index is 0.0460. The Morgan fingerprint density at radius 2 is 1.87 bits per heavy atom. The van der Waals surface area contributed by atoms with Crippen LogP contribution >= 0.6 is 11.3 Å². The van der Waals surface area contributed by atoms with Crippen molar-refractivity contribution < 1.29 is 33.4 Å². The number of benzene rings is 1. The molecule has 0 saturated heterocycles. The molecule has 2 aromatic heterocycles. The van der Waals surface area contributed by atoms with E-state index in [1.54, 1.807) is 13.8 Å². The lowest BCUT2D eigenvalue weighted by atomic mass is 9.96. The topological polar surface area (TPSA) is 124 Å². The Labute approximate surface area is 223 Å². The first-order valence-electron chi connectivity index (χ1n) is 12.2. The average Bonchev–Trinajstić information content (AvgIpc) is 3.22. The molecule has 0 aliphatic carbocycles. The number of nitrogens with one attached hydrogen (secondary N) is 1. The SMILES string of the molecule is CCOC(=O)c1sc(NC(=O)C(C)OC(=O)c2c3c(nc4ccccc24)CCN(C)C3)c(C(=O)OC)c1C. The smallest absolute Gasteiger partial charge is 0.348 e. The highest BCUT2D eigenvalue weighted by Crippen LogP contribution is 2.35. The van der Waals surface area contributed by atoms with E-state index in [0.29, 0.717) is 35.0 Å². The fraction of sp³-hybridized carbons (Fsp3) is 0.370. The van der Waals surface area contributed by atoms with Crippen LogP contribution in [0.15, 0.2) is 24.3 Å². The Bertz CT molecular complexity index is 1430. The van der Waals surface area contributed by atoms with Gasteiger partial charge in [-0.15, -0.1) is 11.3 Å². The van der Waals surface area contributed by atoms with E-state index in [1.807, 2.05) is 31.3 Å². The Hall–Kier alpha value is -3.83. The third kappa shape index (κ3) is 5.25. The van der Waals surface area contributed by atoms with Crippen LogP contribution in [0.1, 0.15) is 61.1 Å². The van der Waals surface area contributed by atoms with Gasteiger partial charge in [0.25, 0.3) is 5.91 Å². The fourth-order valence-corrected chi connectivity index (χ4v) is 5.48. The lowest BCUT2D eigenvalue weighted by Crippen LogP contribution is -2.32. The molecule has 10 nitrogen and oxygen atoms in total. The zero-order chi connectivity index (χ0) is 27.6. The van der Waals surface area contributed by atoms with Crippen LogP contribution < -0.4 is 5.32 Å². The number of para-hydroxylation sites is 1. The van der Waals surface area contributed by atoms with E-state index in [2.05, 4.69) is 10.2 Å². The summed E-state index contributed by atoms with van der Waals surface area (Å²) in [6, 6.07) is 7.33. The zero-order valence-electron chi connectivity index (χ0n) is 21.9. The first-order valence-corrected chi connectivity index (χ1v) is 13.0. The number of hydrogen-bond acceptors (Lipinski definition) is 10. The van der Waals surface area contributed by atoms with Gasteiger partial charge in [0.1, 0.15) is 9.88 Å². The van der Waals surface area contributed by atoms with Gasteiger partial charge < -0.3 is 24.4 Å². The number of methoxy groups -OCH3 is 1. The maximum absolute atomic E-state index is 13.5. The van der Waals surface area contributed by atoms with Crippen molar-refractivity contribution in [3.05, 3.63) is 57.1 Å². The quantitative estimate of drug-likeness (QED) is 0.353. The zero-order valence-corrected chi connectivity index (χ0v) is 22.7. The van der Waals surface area contributed by atoms with E-state index >= 15 is 0 Å². The number of aromatic nitrogens is 1. The van der Waals surface area contributed by atoms with Crippen molar-refractivity contribution in [2.75, 3.05) is 32.6 Å². The number of carbonyl (C=O) groups is 4. The number of carbonyl (C=O) groups excluding carboxylic acids is 4. The van der Waals surface area contributed by atoms with E-state index in [0.717, 1.165) is 29.1 Å². The molecule has 1 N–H and O–H groups in total. The third-order valence-electron chi connectivity index (χ3n) is 6.33. The van der Waals surface area contributed by atoms with Gasteiger partial charge in [0.15, 0.2) is 6.10 Å². The summed E-state index contributed by atoms with van der Waals surface area (Å²) in [6.45, 7) is 6.19. The highest BCUT2D eigenvalue weighted by Gasteiger charge is 2.30. The van der Waals surface area contributed by atoms with E-state index in [-0.39, 0.29) is 22.0 Å². The standard InChI is InChI=1S/C27H29N3O7S/c1-6-36-27(34)22-14(2)20(25(32)35-5)24(38-22)29-23(31)15(3)37-26(33)21-16-9-7-8-10-18(16)28-19-11-12-30(4)13-17(19)21/h7-10,15H,6,11-13H2,1-5H3,(H,29,31). The van der Waals surface area contributed by atoms with Gasteiger partial charge in [-0.1, -0.05) is 18.2 Å². The van der Waals surface area contributed by atoms with E-state index < -0.39 is 29.9 Å². The molecule has 1 aliphatic heterocycles. The molecule has 0 saturated carbocycles. The number of esters is 3. The lowest BCUT2D eigenvalue weighted by Gasteiger charge is -2.27. The number of anilines is 1. The molecule has 38 heavy (non-hydrogen) atoms. The van der Waals surface area contributed by atoms with Crippen molar-refractivity contribution >= 4 is 51.1 Å².